The number of benzene rings is 1. The zero-order chi connectivity index (χ0) is 19.1. The minimum Gasteiger partial charge on any atom is -0.380 e. The summed E-state index contributed by atoms with van der Waals surface area (Å²) in [6.45, 7) is 3.96. The first-order chi connectivity index (χ1) is 13.7. The van der Waals surface area contributed by atoms with E-state index in [1.807, 2.05) is 29.2 Å². The third kappa shape index (κ3) is 3.11. The maximum atomic E-state index is 13.2. The molecule has 2 saturated heterocycles. The summed E-state index contributed by atoms with van der Waals surface area (Å²) in [6.07, 6.45) is 3.34. The Morgan fingerprint density at radius 3 is 2.86 bits per heavy atom. The average Bonchev–Trinajstić information content (AvgIpc) is 3.24. The number of rotatable bonds is 4. The highest BCUT2D eigenvalue weighted by atomic mass is 32.1. The fraction of sp³-hybridized carbons (Fsp3) is 0.524. The lowest BCUT2D eigenvalue weighted by Crippen LogP contribution is -2.51. The van der Waals surface area contributed by atoms with E-state index in [2.05, 4.69) is 10.2 Å². The van der Waals surface area contributed by atoms with E-state index in [0.717, 1.165) is 42.3 Å². The highest BCUT2D eigenvalue weighted by Gasteiger charge is 2.39. The van der Waals surface area contributed by atoms with Crippen molar-refractivity contribution in [2.45, 2.75) is 44.5 Å². The van der Waals surface area contributed by atoms with E-state index in [0.29, 0.717) is 25.2 Å². The van der Waals surface area contributed by atoms with E-state index >= 15 is 0 Å². The highest BCUT2D eigenvalue weighted by molar-refractivity contribution is 7.15. The summed E-state index contributed by atoms with van der Waals surface area (Å²) in [5.41, 5.74) is 2.88. The number of aromatic nitrogens is 1. The van der Waals surface area contributed by atoms with Gasteiger partial charge in [0.05, 0.1) is 18.8 Å². The Bertz CT molecular complexity index is 867. The van der Waals surface area contributed by atoms with Crippen LogP contribution in [-0.2, 0) is 24.3 Å². The van der Waals surface area contributed by atoms with Crippen molar-refractivity contribution in [1.82, 2.24) is 15.2 Å². The first-order valence-corrected chi connectivity index (χ1v) is 10.9. The number of amides is 1. The van der Waals surface area contributed by atoms with Crippen LogP contribution >= 0.6 is 11.3 Å². The van der Waals surface area contributed by atoms with Gasteiger partial charge in [0.15, 0.2) is 5.13 Å². The summed E-state index contributed by atoms with van der Waals surface area (Å²) in [6, 6.07) is 8.90. The molecule has 1 aromatic heterocycles. The number of carbonyl (C=O) groups is 1. The molecule has 0 radical (unpaired) electrons. The molecule has 1 N–H and O–H groups in total. The van der Waals surface area contributed by atoms with Gasteiger partial charge in [-0.15, -0.1) is 0 Å². The van der Waals surface area contributed by atoms with E-state index in [1.165, 1.54) is 23.4 Å². The number of thiazole rings is 1. The Morgan fingerprint density at radius 2 is 2.07 bits per heavy atom. The third-order valence-electron chi connectivity index (χ3n) is 6.16. The zero-order valence-corrected chi connectivity index (χ0v) is 17.0. The van der Waals surface area contributed by atoms with E-state index in [9.17, 15) is 4.79 Å². The molecule has 1 amide bonds. The largest absolute Gasteiger partial charge is 0.380 e. The quantitative estimate of drug-likeness (QED) is 0.857. The highest BCUT2D eigenvalue weighted by Crippen LogP contribution is 2.38. The van der Waals surface area contributed by atoms with Gasteiger partial charge in [0, 0.05) is 55.7 Å². The molecule has 0 saturated carbocycles. The van der Waals surface area contributed by atoms with E-state index in [4.69, 9.17) is 9.72 Å². The molecule has 5 rings (SSSR count). The lowest BCUT2D eigenvalue weighted by Gasteiger charge is -2.35. The van der Waals surface area contributed by atoms with Crippen molar-refractivity contribution in [3.05, 3.63) is 46.0 Å². The lowest BCUT2D eigenvalue weighted by molar-refractivity contribution is 0.0731. The molecular formula is C21H26N4O2S. The molecule has 2 unspecified atom stereocenters. The number of anilines is 1. The van der Waals surface area contributed by atoms with E-state index in [1.54, 1.807) is 18.4 Å². The summed E-state index contributed by atoms with van der Waals surface area (Å²) in [5.74, 6) is 0.0930. The van der Waals surface area contributed by atoms with Crippen molar-refractivity contribution in [3.8, 4) is 0 Å². The summed E-state index contributed by atoms with van der Waals surface area (Å²) < 4.78 is 5.27. The number of carbonyl (C=O) groups excluding carboxylic acids is 1. The third-order valence-corrected chi connectivity index (χ3v) is 7.25. The first kappa shape index (κ1) is 18.1. The van der Waals surface area contributed by atoms with Gasteiger partial charge in [0.1, 0.15) is 0 Å². The van der Waals surface area contributed by atoms with Gasteiger partial charge < -0.3 is 19.9 Å². The van der Waals surface area contributed by atoms with Crippen molar-refractivity contribution in [2.75, 3.05) is 31.6 Å². The van der Waals surface area contributed by atoms with E-state index in [-0.39, 0.29) is 5.91 Å². The predicted molar refractivity (Wildman–Crippen MR) is 110 cm³/mol. The van der Waals surface area contributed by atoms with Crippen molar-refractivity contribution in [1.29, 1.82) is 0 Å². The maximum absolute atomic E-state index is 13.2. The van der Waals surface area contributed by atoms with Crippen LogP contribution in [0, 0.1) is 0 Å². The molecule has 0 aliphatic carbocycles. The number of piperazine rings is 1. The van der Waals surface area contributed by atoms with E-state index < -0.39 is 0 Å². The average molecular weight is 399 g/mol. The predicted octanol–water partition coefficient (Wildman–Crippen LogP) is 2.43. The standard InChI is InChI=1S/C21H26N4O2S/c1-27-13-14-4-2-3-5-17(14)20(26)24-9-8-18-19(12-24)28-21(23-18)25-15-6-7-16(25)11-22-10-15/h2-5,15-16,22H,6-13H2,1H3. The van der Waals surface area contributed by atoms with Gasteiger partial charge >= 0.3 is 0 Å². The van der Waals surface area contributed by atoms with Crippen LogP contribution in [0.2, 0.25) is 0 Å². The topological polar surface area (TPSA) is 57.7 Å². The molecule has 2 atom stereocenters. The van der Waals surface area contributed by atoms with Crippen LogP contribution in [0.15, 0.2) is 24.3 Å². The Balaban J connectivity index is 1.36. The molecule has 2 bridgehead atoms. The van der Waals surface area contributed by atoms with Gasteiger partial charge in [-0.3, -0.25) is 4.79 Å². The number of nitrogens with zero attached hydrogens (tertiary/aromatic N) is 3. The zero-order valence-electron chi connectivity index (χ0n) is 16.2. The number of fused-ring (bicyclic) bond motifs is 3. The Hall–Kier alpha value is -1.96. The van der Waals surface area contributed by atoms with Crippen LogP contribution in [0.25, 0.3) is 0 Å². The molecule has 0 spiro atoms. The van der Waals surface area contributed by atoms with Crippen molar-refractivity contribution >= 4 is 22.4 Å². The van der Waals surface area contributed by atoms with Gasteiger partial charge in [-0.05, 0) is 24.5 Å². The number of ether oxygens (including phenoxy) is 1. The molecule has 2 aromatic rings. The molecule has 4 heterocycles. The second kappa shape index (κ2) is 7.46. The monoisotopic (exact) mass is 398 g/mol. The normalized spacial score (nSPS) is 23.8. The van der Waals surface area contributed by atoms with Crippen LogP contribution in [0.3, 0.4) is 0 Å². The van der Waals surface area contributed by atoms with Gasteiger partial charge in [-0.25, -0.2) is 4.98 Å². The summed E-state index contributed by atoms with van der Waals surface area (Å²) in [4.78, 5) is 23.9. The second-order valence-corrected chi connectivity index (χ2v) is 8.95. The minimum absolute atomic E-state index is 0.0930. The summed E-state index contributed by atoms with van der Waals surface area (Å²) >= 11 is 1.79. The molecule has 2 fully saturated rings. The second-order valence-electron chi connectivity index (χ2n) is 7.88. The van der Waals surface area contributed by atoms with Crippen LogP contribution in [0.1, 0.15) is 39.3 Å². The molecule has 6 nitrogen and oxygen atoms in total. The fourth-order valence-corrected chi connectivity index (χ4v) is 6.00. The van der Waals surface area contributed by atoms with Crippen LogP contribution < -0.4 is 10.2 Å². The van der Waals surface area contributed by atoms with Crippen LogP contribution in [0.5, 0.6) is 0 Å². The molecule has 7 heteroatoms. The Morgan fingerprint density at radius 1 is 1.29 bits per heavy atom. The van der Waals surface area contributed by atoms with Crippen molar-refractivity contribution < 1.29 is 9.53 Å². The SMILES string of the molecule is COCc1ccccc1C(=O)N1CCc2nc(N3C4CCC3CNC4)sc2C1. The maximum Gasteiger partial charge on any atom is 0.254 e. The smallest absolute Gasteiger partial charge is 0.254 e. The molecule has 1 aromatic carbocycles. The minimum atomic E-state index is 0.0930. The lowest BCUT2D eigenvalue weighted by atomic mass is 10.1. The van der Waals surface area contributed by atoms with Gasteiger partial charge in [-0.2, -0.15) is 0 Å². The number of methoxy groups -OCH3 is 1. The Kier molecular flexibility index (Phi) is 4.82. The number of nitrogens with one attached hydrogen (secondary N) is 1. The van der Waals surface area contributed by atoms with Crippen molar-refractivity contribution in [2.24, 2.45) is 0 Å². The van der Waals surface area contributed by atoms with Gasteiger partial charge in [0.2, 0.25) is 0 Å². The molecule has 28 heavy (non-hydrogen) atoms. The van der Waals surface area contributed by atoms with Crippen molar-refractivity contribution in [3.63, 3.8) is 0 Å². The molecule has 3 aliphatic rings. The summed E-state index contributed by atoms with van der Waals surface area (Å²) in [5, 5.41) is 4.70. The fourth-order valence-electron chi connectivity index (χ4n) is 4.74. The van der Waals surface area contributed by atoms with Gasteiger partial charge in [0.25, 0.3) is 5.91 Å². The Labute approximate surface area is 169 Å². The molecule has 148 valence electrons. The first-order valence-electron chi connectivity index (χ1n) is 10.1. The number of hydrogen-bond donors (Lipinski definition) is 1. The van der Waals surface area contributed by atoms with Crippen LogP contribution in [-0.4, -0.2) is 54.6 Å². The molecule has 3 aliphatic heterocycles. The summed E-state index contributed by atoms with van der Waals surface area (Å²) in [7, 11) is 1.66. The van der Waals surface area contributed by atoms with Gasteiger partial charge in [-0.1, -0.05) is 29.5 Å². The molecular weight excluding hydrogens is 372 g/mol. The number of hydrogen-bond acceptors (Lipinski definition) is 6. The van der Waals surface area contributed by atoms with Crippen LogP contribution in [0.4, 0.5) is 5.13 Å².